The summed E-state index contributed by atoms with van der Waals surface area (Å²) in [4.78, 5) is 12.8. The zero-order chi connectivity index (χ0) is 32.4. The molecule has 7 atom stereocenters. The Morgan fingerprint density at radius 1 is 0.750 bits per heavy atom. The average molecular weight is 628 g/mol. The van der Waals surface area contributed by atoms with Gasteiger partial charge in [0, 0.05) is 6.42 Å². The van der Waals surface area contributed by atoms with Crippen molar-refractivity contribution in [2.45, 2.75) is 179 Å². The highest BCUT2D eigenvalue weighted by Crippen LogP contribution is 2.22. The standard InChI is InChI=1S/C35H65NO8/c1-3-5-7-9-11-13-15-17-19-21-23-25-31(39)36-28(27-43-35-34(42)33(41)32(40)30(26-37)44-35)29(38)24-22-20-18-16-14-12-10-8-6-4-2/h9,11,22,24,28-30,32-35,37-38,40-42H,3-8,10,12-21,23,25-27H2,1-2H3,(H,36,39)/b11-9-,24-22+. The molecule has 0 aliphatic carbocycles. The molecule has 44 heavy (non-hydrogen) atoms. The summed E-state index contributed by atoms with van der Waals surface area (Å²) in [6.07, 6.45) is 20.8. The molecular formula is C35H65NO8. The van der Waals surface area contributed by atoms with Crippen molar-refractivity contribution in [3.05, 3.63) is 24.3 Å². The van der Waals surface area contributed by atoms with Gasteiger partial charge >= 0.3 is 0 Å². The third-order valence-corrected chi connectivity index (χ3v) is 8.27. The van der Waals surface area contributed by atoms with Crippen LogP contribution in [-0.4, -0.2) is 87.5 Å². The van der Waals surface area contributed by atoms with Crippen molar-refractivity contribution in [3.63, 3.8) is 0 Å². The Morgan fingerprint density at radius 3 is 1.91 bits per heavy atom. The predicted molar refractivity (Wildman–Crippen MR) is 175 cm³/mol. The number of carbonyl (C=O) groups excluding carboxylic acids is 1. The number of aliphatic hydroxyl groups excluding tert-OH is 5. The first-order valence-electron chi connectivity index (χ1n) is 17.6. The van der Waals surface area contributed by atoms with Gasteiger partial charge < -0.3 is 40.3 Å². The molecule has 1 rings (SSSR count). The highest BCUT2D eigenvalue weighted by molar-refractivity contribution is 5.76. The average Bonchev–Trinajstić information content (AvgIpc) is 3.02. The minimum absolute atomic E-state index is 0.191. The minimum Gasteiger partial charge on any atom is -0.394 e. The Labute approximate surface area is 267 Å². The molecule has 0 aromatic carbocycles. The van der Waals surface area contributed by atoms with Gasteiger partial charge in [-0.1, -0.05) is 115 Å². The Kier molecular flexibility index (Phi) is 24.8. The van der Waals surface area contributed by atoms with Crippen molar-refractivity contribution in [1.82, 2.24) is 5.32 Å². The van der Waals surface area contributed by atoms with Gasteiger partial charge in [0.1, 0.15) is 24.4 Å². The number of aliphatic hydroxyl groups is 5. The van der Waals surface area contributed by atoms with Crippen molar-refractivity contribution < 1.29 is 39.8 Å². The summed E-state index contributed by atoms with van der Waals surface area (Å²) in [5.41, 5.74) is 0. The van der Waals surface area contributed by atoms with Crippen LogP contribution in [0.4, 0.5) is 0 Å². The summed E-state index contributed by atoms with van der Waals surface area (Å²) in [7, 11) is 0. The highest BCUT2D eigenvalue weighted by atomic mass is 16.7. The van der Waals surface area contributed by atoms with Crippen LogP contribution < -0.4 is 5.32 Å². The molecule has 0 saturated carbocycles. The van der Waals surface area contributed by atoms with E-state index in [2.05, 4.69) is 31.3 Å². The van der Waals surface area contributed by atoms with Gasteiger partial charge in [0.25, 0.3) is 0 Å². The molecule has 9 heteroatoms. The van der Waals surface area contributed by atoms with Gasteiger partial charge in [0.15, 0.2) is 6.29 Å². The van der Waals surface area contributed by atoms with Crippen molar-refractivity contribution in [3.8, 4) is 0 Å². The van der Waals surface area contributed by atoms with Crippen LogP contribution in [0.15, 0.2) is 24.3 Å². The summed E-state index contributed by atoms with van der Waals surface area (Å²) in [5, 5.41) is 53.6. The number of nitrogens with one attached hydrogen (secondary N) is 1. The Hall–Kier alpha value is -1.33. The fourth-order valence-corrected chi connectivity index (χ4v) is 5.31. The number of allylic oxidation sites excluding steroid dienone is 3. The van der Waals surface area contributed by atoms with E-state index in [1.807, 2.05) is 6.08 Å². The van der Waals surface area contributed by atoms with Crippen molar-refractivity contribution in [2.24, 2.45) is 0 Å². The van der Waals surface area contributed by atoms with E-state index < -0.39 is 49.5 Å². The topological polar surface area (TPSA) is 149 Å². The molecule has 0 radical (unpaired) electrons. The molecule has 1 saturated heterocycles. The second kappa shape index (κ2) is 26.8. The molecule has 1 fully saturated rings. The zero-order valence-corrected chi connectivity index (χ0v) is 27.7. The summed E-state index contributed by atoms with van der Waals surface area (Å²) < 4.78 is 11.1. The SMILES string of the molecule is CCCC/C=C\CCCCCCCC(=O)NC(COC1OC(CO)C(O)C(O)C1O)C(O)/C=C/CCCCCCCCCC. The number of unbranched alkanes of at least 4 members (excludes halogenated alkanes) is 15. The first-order valence-corrected chi connectivity index (χ1v) is 17.6. The smallest absolute Gasteiger partial charge is 0.220 e. The Balaban J connectivity index is 2.52. The normalized spacial score (nSPS) is 23.8. The molecule has 0 aromatic heterocycles. The van der Waals surface area contributed by atoms with Crippen LogP contribution in [0, 0.1) is 0 Å². The van der Waals surface area contributed by atoms with Gasteiger partial charge in [-0.3, -0.25) is 4.79 Å². The fourth-order valence-electron chi connectivity index (χ4n) is 5.31. The van der Waals surface area contributed by atoms with E-state index in [1.54, 1.807) is 6.08 Å². The third-order valence-electron chi connectivity index (χ3n) is 8.27. The van der Waals surface area contributed by atoms with E-state index in [0.29, 0.717) is 6.42 Å². The molecule has 1 aliphatic rings. The second-order valence-electron chi connectivity index (χ2n) is 12.3. The summed E-state index contributed by atoms with van der Waals surface area (Å²) in [6.45, 7) is 3.66. The van der Waals surface area contributed by atoms with Crippen LogP contribution in [0.3, 0.4) is 0 Å². The summed E-state index contributed by atoms with van der Waals surface area (Å²) in [6, 6.07) is -0.802. The molecule has 1 aliphatic heterocycles. The molecular weight excluding hydrogens is 562 g/mol. The van der Waals surface area contributed by atoms with Gasteiger partial charge in [-0.25, -0.2) is 0 Å². The number of ether oxygens (including phenoxy) is 2. The van der Waals surface area contributed by atoms with Crippen molar-refractivity contribution >= 4 is 5.91 Å². The van der Waals surface area contributed by atoms with E-state index in [9.17, 15) is 30.3 Å². The van der Waals surface area contributed by atoms with E-state index in [-0.39, 0.29) is 12.5 Å². The molecule has 0 spiro atoms. The van der Waals surface area contributed by atoms with Crippen LogP contribution in [0.2, 0.25) is 0 Å². The molecule has 1 heterocycles. The molecule has 1 amide bonds. The lowest BCUT2D eigenvalue weighted by atomic mass is 9.99. The molecule has 0 aromatic rings. The molecule has 0 bridgehead atoms. The fraction of sp³-hybridized carbons (Fsp3) is 0.857. The second-order valence-corrected chi connectivity index (χ2v) is 12.3. The van der Waals surface area contributed by atoms with Crippen LogP contribution in [0.25, 0.3) is 0 Å². The van der Waals surface area contributed by atoms with Crippen LogP contribution in [0.1, 0.15) is 136 Å². The maximum atomic E-state index is 12.8. The number of amides is 1. The predicted octanol–water partition coefficient (Wildman–Crippen LogP) is 5.21. The Bertz CT molecular complexity index is 746. The minimum atomic E-state index is -1.56. The monoisotopic (exact) mass is 627 g/mol. The number of hydrogen-bond acceptors (Lipinski definition) is 8. The van der Waals surface area contributed by atoms with Gasteiger partial charge in [-0.15, -0.1) is 0 Å². The largest absolute Gasteiger partial charge is 0.394 e. The lowest BCUT2D eigenvalue weighted by Crippen LogP contribution is -2.60. The molecule has 9 nitrogen and oxygen atoms in total. The third kappa shape index (κ3) is 18.6. The van der Waals surface area contributed by atoms with E-state index in [0.717, 1.165) is 64.2 Å². The van der Waals surface area contributed by atoms with Gasteiger partial charge in [0.2, 0.25) is 5.91 Å². The van der Waals surface area contributed by atoms with Crippen LogP contribution in [0.5, 0.6) is 0 Å². The van der Waals surface area contributed by atoms with Crippen molar-refractivity contribution in [1.29, 1.82) is 0 Å². The van der Waals surface area contributed by atoms with Crippen LogP contribution in [-0.2, 0) is 14.3 Å². The van der Waals surface area contributed by atoms with Gasteiger partial charge in [0.05, 0.1) is 25.4 Å². The van der Waals surface area contributed by atoms with Crippen LogP contribution >= 0.6 is 0 Å². The lowest BCUT2D eigenvalue weighted by molar-refractivity contribution is -0.302. The molecule has 258 valence electrons. The quantitative estimate of drug-likeness (QED) is 0.0537. The highest BCUT2D eigenvalue weighted by Gasteiger charge is 2.44. The number of carbonyl (C=O) groups is 1. The van der Waals surface area contributed by atoms with E-state index in [1.165, 1.54) is 51.4 Å². The number of hydrogen-bond donors (Lipinski definition) is 6. The Morgan fingerprint density at radius 2 is 1.30 bits per heavy atom. The first-order chi connectivity index (χ1) is 21.3. The maximum Gasteiger partial charge on any atom is 0.220 e. The molecule has 7 unspecified atom stereocenters. The summed E-state index contributed by atoms with van der Waals surface area (Å²) in [5.74, 6) is -0.193. The van der Waals surface area contributed by atoms with Gasteiger partial charge in [-0.2, -0.15) is 0 Å². The number of rotatable bonds is 27. The van der Waals surface area contributed by atoms with Gasteiger partial charge in [-0.05, 0) is 38.5 Å². The lowest BCUT2D eigenvalue weighted by Gasteiger charge is -2.40. The first kappa shape index (κ1) is 40.7. The maximum absolute atomic E-state index is 12.8. The zero-order valence-electron chi connectivity index (χ0n) is 27.7. The van der Waals surface area contributed by atoms with E-state index >= 15 is 0 Å². The summed E-state index contributed by atoms with van der Waals surface area (Å²) >= 11 is 0. The van der Waals surface area contributed by atoms with Crippen molar-refractivity contribution in [2.75, 3.05) is 13.2 Å². The van der Waals surface area contributed by atoms with E-state index in [4.69, 9.17) is 9.47 Å². The molecule has 6 N–H and O–H groups in total.